The molecule has 1 aromatic rings. The summed E-state index contributed by atoms with van der Waals surface area (Å²) in [6, 6.07) is 9.69. The van der Waals surface area contributed by atoms with Crippen LogP contribution in [0.25, 0.3) is 0 Å². The number of hydrogen-bond donors (Lipinski definition) is 1. The van der Waals surface area contributed by atoms with E-state index in [4.69, 9.17) is 5.11 Å². The normalized spacial score (nSPS) is 14.2. The smallest absolute Gasteiger partial charge is 0.319 e. The fraction of sp³-hybridized carbons (Fsp3) is 0.462. The van der Waals surface area contributed by atoms with Crippen LogP contribution in [0.15, 0.2) is 30.3 Å². The molecule has 0 aromatic heterocycles. The monoisotopic (exact) mass is 254 g/mol. The van der Waals surface area contributed by atoms with Crippen LogP contribution >= 0.6 is 0 Å². The summed E-state index contributed by atoms with van der Waals surface area (Å²) >= 11 is 0. The molecule has 3 nitrogen and oxygen atoms in total. The Morgan fingerprint density at radius 2 is 2.00 bits per heavy atom. The van der Waals surface area contributed by atoms with Gasteiger partial charge in [-0.3, -0.25) is 9.00 Å². The van der Waals surface area contributed by atoms with E-state index in [1.165, 1.54) is 0 Å². The maximum absolute atomic E-state index is 11.7. The van der Waals surface area contributed by atoms with Gasteiger partial charge in [0.25, 0.3) is 0 Å². The molecule has 0 aliphatic carbocycles. The summed E-state index contributed by atoms with van der Waals surface area (Å²) in [4.78, 5) is 11.0. The Morgan fingerprint density at radius 3 is 2.53 bits per heavy atom. The van der Waals surface area contributed by atoms with E-state index in [2.05, 4.69) is 0 Å². The highest BCUT2D eigenvalue weighted by Crippen LogP contribution is 2.10. The highest BCUT2D eigenvalue weighted by atomic mass is 32.2. The van der Waals surface area contributed by atoms with Crippen molar-refractivity contribution in [2.45, 2.75) is 31.4 Å². The van der Waals surface area contributed by atoms with Crippen LogP contribution in [-0.2, 0) is 22.0 Å². The number of hydrogen-bond acceptors (Lipinski definition) is 2. The molecule has 0 saturated carbocycles. The van der Waals surface area contributed by atoms with Gasteiger partial charge >= 0.3 is 5.97 Å². The highest BCUT2D eigenvalue weighted by molar-refractivity contribution is 7.86. The first-order valence-corrected chi connectivity index (χ1v) is 7.17. The Bertz CT molecular complexity index is 376. The predicted octanol–water partition coefficient (Wildman–Crippen LogP) is 2.23. The van der Waals surface area contributed by atoms with Gasteiger partial charge in [-0.25, -0.2) is 0 Å². The van der Waals surface area contributed by atoms with Gasteiger partial charge in [-0.15, -0.1) is 0 Å². The van der Waals surface area contributed by atoms with Crippen molar-refractivity contribution >= 4 is 16.8 Å². The molecule has 2 unspecified atom stereocenters. The van der Waals surface area contributed by atoms with Gasteiger partial charge in [0.2, 0.25) is 0 Å². The quantitative estimate of drug-likeness (QED) is 0.811. The standard InChI is InChI=1S/C13H18O3S/c1-2-10-17(16)12(13(14)15)9-8-11-6-4-3-5-7-11/h3-7,12H,2,8-10H2,1H3,(H,14,15). The maximum atomic E-state index is 11.7. The Morgan fingerprint density at radius 1 is 1.35 bits per heavy atom. The lowest BCUT2D eigenvalue weighted by Crippen LogP contribution is -2.27. The molecule has 0 bridgehead atoms. The van der Waals surface area contributed by atoms with Gasteiger partial charge in [0.15, 0.2) is 0 Å². The summed E-state index contributed by atoms with van der Waals surface area (Å²) in [6.07, 6.45) is 1.85. The van der Waals surface area contributed by atoms with Gasteiger partial charge in [-0.2, -0.15) is 0 Å². The number of benzene rings is 1. The molecule has 1 N–H and O–H groups in total. The van der Waals surface area contributed by atoms with Crippen LogP contribution in [0.3, 0.4) is 0 Å². The second-order valence-corrected chi connectivity index (χ2v) is 5.67. The third-order valence-electron chi connectivity index (χ3n) is 2.54. The molecule has 2 atom stereocenters. The molecule has 4 heteroatoms. The molecule has 0 spiro atoms. The van der Waals surface area contributed by atoms with Crippen LogP contribution in [0.2, 0.25) is 0 Å². The lowest BCUT2D eigenvalue weighted by atomic mass is 10.1. The molecule has 0 saturated heterocycles. The minimum atomic E-state index is -1.26. The first kappa shape index (κ1) is 13.9. The van der Waals surface area contributed by atoms with Gasteiger partial charge in [0.05, 0.1) is 0 Å². The molecule has 1 aromatic carbocycles. The summed E-state index contributed by atoms with van der Waals surface area (Å²) < 4.78 is 11.7. The molecule has 0 fully saturated rings. The van der Waals surface area contributed by atoms with Crippen LogP contribution in [0, 0.1) is 0 Å². The molecule has 1 rings (SSSR count). The minimum absolute atomic E-state index is 0.436. The largest absolute Gasteiger partial charge is 0.480 e. The van der Waals surface area contributed by atoms with Crippen LogP contribution in [0.5, 0.6) is 0 Å². The van der Waals surface area contributed by atoms with Gasteiger partial charge in [-0.05, 0) is 24.8 Å². The van der Waals surface area contributed by atoms with E-state index in [0.717, 1.165) is 12.0 Å². The van der Waals surface area contributed by atoms with E-state index < -0.39 is 22.0 Å². The minimum Gasteiger partial charge on any atom is -0.480 e. The van der Waals surface area contributed by atoms with Gasteiger partial charge in [0.1, 0.15) is 5.25 Å². The molecule has 94 valence electrons. The lowest BCUT2D eigenvalue weighted by Gasteiger charge is -2.11. The van der Waals surface area contributed by atoms with E-state index >= 15 is 0 Å². The van der Waals surface area contributed by atoms with Crippen LogP contribution in [0.1, 0.15) is 25.3 Å². The molecule has 0 radical (unpaired) electrons. The number of aliphatic carboxylic acids is 1. The lowest BCUT2D eigenvalue weighted by molar-refractivity contribution is -0.136. The molecule has 0 aliphatic rings. The Labute approximate surface area is 104 Å². The number of carboxylic acids is 1. The fourth-order valence-corrected chi connectivity index (χ4v) is 2.95. The third kappa shape index (κ3) is 4.69. The molecule has 0 heterocycles. The summed E-state index contributed by atoms with van der Waals surface area (Å²) in [5.41, 5.74) is 1.09. The second-order valence-electron chi connectivity index (χ2n) is 3.94. The van der Waals surface area contributed by atoms with Crippen molar-refractivity contribution in [2.75, 3.05) is 5.75 Å². The van der Waals surface area contributed by atoms with Crippen molar-refractivity contribution in [1.82, 2.24) is 0 Å². The average Bonchev–Trinajstić information content (AvgIpc) is 2.30. The zero-order chi connectivity index (χ0) is 12.7. The second kappa shape index (κ2) is 7.22. The number of carbonyl (C=O) groups is 1. The summed E-state index contributed by atoms with van der Waals surface area (Å²) in [5.74, 6) is -0.487. The molecule has 0 aliphatic heterocycles. The average molecular weight is 254 g/mol. The first-order valence-electron chi connectivity index (χ1n) is 5.79. The van der Waals surface area contributed by atoms with E-state index in [9.17, 15) is 9.00 Å². The van der Waals surface area contributed by atoms with Gasteiger partial charge in [0, 0.05) is 16.6 Å². The van der Waals surface area contributed by atoms with Gasteiger partial charge < -0.3 is 5.11 Å². The van der Waals surface area contributed by atoms with Crippen molar-refractivity contribution in [3.63, 3.8) is 0 Å². The van der Waals surface area contributed by atoms with Crippen molar-refractivity contribution in [1.29, 1.82) is 0 Å². The Hall–Kier alpha value is -1.16. The predicted molar refractivity (Wildman–Crippen MR) is 69.5 cm³/mol. The highest BCUT2D eigenvalue weighted by Gasteiger charge is 2.23. The Balaban J connectivity index is 2.56. The topological polar surface area (TPSA) is 54.4 Å². The third-order valence-corrected chi connectivity index (χ3v) is 4.42. The van der Waals surface area contributed by atoms with Crippen molar-refractivity contribution < 1.29 is 14.1 Å². The zero-order valence-corrected chi connectivity index (χ0v) is 10.8. The van der Waals surface area contributed by atoms with Crippen molar-refractivity contribution in [2.24, 2.45) is 0 Å². The van der Waals surface area contributed by atoms with Crippen LogP contribution in [-0.4, -0.2) is 26.3 Å². The van der Waals surface area contributed by atoms with E-state index in [-0.39, 0.29) is 0 Å². The molecule has 0 amide bonds. The Kier molecular flexibility index (Phi) is 5.91. The molecular formula is C13H18O3S. The SMILES string of the molecule is CCCS(=O)C(CCc1ccccc1)C(=O)O. The van der Waals surface area contributed by atoms with Gasteiger partial charge in [-0.1, -0.05) is 37.3 Å². The summed E-state index contributed by atoms with van der Waals surface area (Å²) in [5, 5.41) is 8.31. The summed E-state index contributed by atoms with van der Waals surface area (Å²) in [7, 11) is -1.26. The first-order chi connectivity index (χ1) is 8.15. The van der Waals surface area contributed by atoms with Crippen molar-refractivity contribution in [3.05, 3.63) is 35.9 Å². The zero-order valence-electron chi connectivity index (χ0n) is 9.96. The van der Waals surface area contributed by atoms with E-state index in [1.807, 2.05) is 37.3 Å². The number of carboxylic acid groups (broad SMARTS) is 1. The fourth-order valence-electron chi connectivity index (χ4n) is 1.65. The van der Waals surface area contributed by atoms with E-state index in [0.29, 0.717) is 18.6 Å². The number of aryl methyl sites for hydroxylation is 1. The van der Waals surface area contributed by atoms with Crippen LogP contribution < -0.4 is 0 Å². The maximum Gasteiger partial charge on any atom is 0.319 e. The van der Waals surface area contributed by atoms with Crippen LogP contribution in [0.4, 0.5) is 0 Å². The molecular weight excluding hydrogens is 236 g/mol. The van der Waals surface area contributed by atoms with Crippen molar-refractivity contribution in [3.8, 4) is 0 Å². The molecule has 17 heavy (non-hydrogen) atoms. The summed E-state index contributed by atoms with van der Waals surface area (Å²) in [6.45, 7) is 1.91. The van der Waals surface area contributed by atoms with E-state index in [1.54, 1.807) is 0 Å². The number of rotatable bonds is 7.